The molecule has 0 aliphatic carbocycles. The number of pyridine rings is 1. The van der Waals surface area contributed by atoms with E-state index in [9.17, 15) is 5.11 Å². The van der Waals surface area contributed by atoms with Crippen LogP contribution in [0.1, 0.15) is 19.8 Å². The molecule has 0 spiro atoms. The average Bonchev–Trinajstić information content (AvgIpc) is 2.37. The molecule has 1 aromatic heterocycles. The molecule has 1 unspecified atom stereocenters. The van der Waals surface area contributed by atoms with Crippen molar-refractivity contribution >= 4 is 11.4 Å². The fraction of sp³-hybridized carbons (Fsp3) is 0.615. The van der Waals surface area contributed by atoms with Gasteiger partial charge < -0.3 is 20.5 Å². The van der Waals surface area contributed by atoms with E-state index in [1.165, 1.54) is 0 Å². The Morgan fingerprint density at radius 1 is 1.28 bits per heavy atom. The molecule has 1 heterocycles. The monoisotopic (exact) mass is 253 g/mol. The van der Waals surface area contributed by atoms with Crippen molar-refractivity contribution in [2.75, 3.05) is 37.4 Å². The van der Waals surface area contributed by atoms with Crippen LogP contribution in [-0.2, 0) is 4.74 Å². The summed E-state index contributed by atoms with van der Waals surface area (Å²) in [6.07, 6.45) is 4.90. The van der Waals surface area contributed by atoms with E-state index < -0.39 is 6.10 Å². The van der Waals surface area contributed by atoms with Crippen LogP contribution in [-0.4, -0.2) is 43.0 Å². The second-order valence-corrected chi connectivity index (χ2v) is 4.21. The molecule has 0 amide bonds. The van der Waals surface area contributed by atoms with Crippen LogP contribution in [0, 0.1) is 0 Å². The molecule has 102 valence electrons. The first kappa shape index (κ1) is 14.7. The van der Waals surface area contributed by atoms with Gasteiger partial charge in [-0.25, -0.2) is 0 Å². The molecule has 5 nitrogen and oxygen atoms in total. The van der Waals surface area contributed by atoms with Gasteiger partial charge in [-0.2, -0.15) is 0 Å². The largest absolute Gasteiger partial charge is 0.391 e. The number of ether oxygens (including phenoxy) is 1. The van der Waals surface area contributed by atoms with Gasteiger partial charge in [-0.3, -0.25) is 4.98 Å². The fourth-order valence-electron chi connectivity index (χ4n) is 1.56. The lowest BCUT2D eigenvalue weighted by molar-refractivity contribution is 0.0615. The van der Waals surface area contributed by atoms with E-state index in [0.717, 1.165) is 24.3 Å². The zero-order valence-corrected chi connectivity index (χ0v) is 11.1. The Labute approximate surface area is 109 Å². The van der Waals surface area contributed by atoms with E-state index in [1.54, 1.807) is 19.5 Å². The summed E-state index contributed by atoms with van der Waals surface area (Å²) in [6.45, 7) is 4.14. The zero-order chi connectivity index (χ0) is 13.2. The van der Waals surface area contributed by atoms with Crippen molar-refractivity contribution in [2.45, 2.75) is 25.9 Å². The highest BCUT2D eigenvalue weighted by Gasteiger charge is 2.02. The molecular formula is C13H23N3O2. The van der Waals surface area contributed by atoms with E-state index in [1.807, 2.05) is 6.07 Å². The highest BCUT2D eigenvalue weighted by Crippen LogP contribution is 2.12. The van der Waals surface area contributed by atoms with Crippen LogP contribution < -0.4 is 10.6 Å². The summed E-state index contributed by atoms with van der Waals surface area (Å²) >= 11 is 0. The summed E-state index contributed by atoms with van der Waals surface area (Å²) in [7, 11) is 1.59. The van der Waals surface area contributed by atoms with Gasteiger partial charge in [0.15, 0.2) is 0 Å². The van der Waals surface area contributed by atoms with Gasteiger partial charge in [0.1, 0.15) is 0 Å². The molecule has 5 heteroatoms. The molecule has 0 bridgehead atoms. The smallest absolute Gasteiger partial charge is 0.0790 e. The van der Waals surface area contributed by atoms with Gasteiger partial charge in [0.2, 0.25) is 0 Å². The van der Waals surface area contributed by atoms with Gasteiger partial charge in [-0.1, -0.05) is 6.92 Å². The number of nitrogens with zero attached hydrogens (tertiary/aromatic N) is 1. The van der Waals surface area contributed by atoms with Crippen molar-refractivity contribution in [3.05, 3.63) is 18.5 Å². The Morgan fingerprint density at radius 3 is 2.56 bits per heavy atom. The number of hydrogen-bond donors (Lipinski definition) is 3. The van der Waals surface area contributed by atoms with Gasteiger partial charge in [0, 0.05) is 20.2 Å². The summed E-state index contributed by atoms with van der Waals surface area (Å²) in [5.74, 6) is 0. The average molecular weight is 253 g/mol. The van der Waals surface area contributed by atoms with Crippen LogP contribution in [0.4, 0.5) is 11.4 Å². The molecule has 0 aromatic carbocycles. The van der Waals surface area contributed by atoms with E-state index in [2.05, 4.69) is 22.5 Å². The van der Waals surface area contributed by atoms with E-state index in [0.29, 0.717) is 19.6 Å². The Balaban J connectivity index is 2.33. The first-order chi connectivity index (χ1) is 8.76. The Bertz CT molecular complexity index is 334. The third-order valence-electron chi connectivity index (χ3n) is 2.48. The lowest BCUT2D eigenvalue weighted by Crippen LogP contribution is -2.18. The number of aliphatic hydroxyl groups is 1. The summed E-state index contributed by atoms with van der Waals surface area (Å²) in [4.78, 5) is 4.16. The second kappa shape index (κ2) is 8.72. The summed E-state index contributed by atoms with van der Waals surface area (Å²) in [5.41, 5.74) is 1.97. The third kappa shape index (κ3) is 5.84. The van der Waals surface area contributed by atoms with Gasteiger partial charge >= 0.3 is 0 Å². The van der Waals surface area contributed by atoms with E-state index >= 15 is 0 Å². The van der Waals surface area contributed by atoms with Crippen LogP contribution in [0.3, 0.4) is 0 Å². The molecule has 0 aliphatic rings. The molecule has 0 fully saturated rings. The maximum absolute atomic E-state index is 9.50. The second-order valence-electron chi connectivity index (χ2n) is 4.21. The number of aliphatic hydroxyl groups excluding tert-OH is 1. The highest BCUT2D eigenvalue weighted by molar-refractivity contribution is 5.53. The van der Waals surface area contributed by atoms with Crippen molar-refractivity contribution in [1.82, 2.24) is 4.98 Å². The van der Waals surface area contributed by atoms with Gasteiger partial charge in [-0.15, -0.1) is 0 Å². The standard InChI is InChI=1S/C13H23N3O2/c1-3-5-15-11-7-12(9-14-8-11)16-6-4-13(17)10-18-2/h7-9,13,15-17H,3-6,10H2,1-2H3. The lowest BCUT2D eigenvalue weighted by Gasteiger charge is -2.11. The first-order valence-corrected chi connectivity index (χ1v) is 6.36. The maximum Gasteiger partial charge on any atom is 0.0790 e. The van der Waals surface area contributed by atoms with Gasteiger partial charge in [0.25, 0.3) is 0 Å². The van der Waals surface area contributed by atoms with Crippen LogP contribution >= 0.6 is 0 Å². The quantitative estimate of drug-likeness (QED) is 0.625. The molecular weight excluding hydrogens is 230 g/mol. The number of methoxy groups -OCH3 is 1. The molecule has 18 heavy (non-hydrogen) atoms. The predicted octanol–water partition coefficient (Wildman–Crippen LogP) is 1.71. The molecule has 1 rings (SSSR count). The molecule has 0 radical (unpaired) electrons. The minimum absolute atomic E-state index is 0.373. The molecule has 3 N–H and O–H groups in total. The van der Waals surface area contributed by atoms with Crippen molar-refractivity contribution in [3.8, 4) is 0 Å². The highest BCUT2D eigenvalue weighted by atomic mass is 16.5. The normalized spacial score (nSPS) is 12.2. The topological polar surface area (TPSA) is 66.4 Å². The Kier molecular flexibility index (Phi) is 7.13. The number of aromatic nitrogens is 1. The first-order valence-electron chi connectivity index (χ1n) is 6.36. The summed E-state index contributed by atoms with van der Waals surface area (Å²) in [5, 5.41) is 16.0. The van der Waals surface area contributed by atoms with Gasteiger partial charge in [-0.05, 0) is 18.9 Å². The SMILES string of the molecule is CCCNc1cncc(NCCC(O)COC)c1. The number of hydrogen-bond acceptors (Lipinski definition) is 5. The van der Waals surface area contributed by atoms with Crippen molar-refractivity contribution in [2.24, 2.45) is 0 Å². The summed E-state index contributed by atoms with van der Waals surface area (Å²) < 4.78 is 4.87. The lowest BCUT2D eigenvalue weighted by atomic mass is 10.2. The molecule has 0 aliphatic heterocycles. The van der Waals surface area contributed by atoms with E-state index in [-0.39, 0.29) is 0 Å². The van der Waals surface area contributed by atoms with E-state index in [4.69, 9.17) is 4.74 Å². The molecule has 1 aromatic rings. The minimum Gasteiger partial charge on any atom is -0.391 e. The van der Waals surface area contributed by atoms with Crippen molar-refractivity contribution < 1.29 is 9.84 Å². The van der Waals surface area contributed by atoms with Crippen LogP contribution in [0.2, 0.25) is 0 Å². The molecule has 1 atom stereocenters. The van der Waals surface area contributed by atoms with Crippen LogP contribution in [0.5, 0.6) is 0 Å². The minimum atomic E-state index is -0.420. The number of anilines is 2. The fourth-order valence-corrected chi connectivity index (χ4v) is 1.56. The Morgan fingerprint density at radius 2 is 1.94 bits per heavy atom. The predicted molar refractivity (Wildman–Crippen MR) is 74.0 cm³/mol. The number of nitrogens with one attached hydrogen (secondary N) is 2. The van der Waals surface area contributed by atoms with Crippen LogP contribution in [0.15, 0.2) is 18.5 Å². The van der Waals surface area contributed by atoms with Crippen LogP contribution in [0.25, 0.3) is 0 Å². The zero-order valence-electron chi connectivity index (χ0n) is 11.1. The maximum atomic E-state index is 9.50. The Hall–Kier alpha value is -1.33. The molecule has 0 saturated carbocycles. The summed E-state index contributed by atoms with van der Waals surface area (Å²) in [6, 6.07) is 2.02. The third-order valence-corrected chi connectivity index (χ3v) is 2.48. The number of rotatable bonds is 9. The van der Waals surface area contributed by atoms with Crippen molar-refractivity contribution in [3.63, 3.8) is 0 Å². The molecule has 0 saturated heterocycles. The van der Waals surface area contributed by atoms with Crippen molar-refractivity contribution in [1.29, 1.82) is 0 Å². The van der Waals surface area contributed by atoms with Gasteiger partial charge in [0.05, 0.1) is 36.5 Å².